The Kier molecular flexibility index (Phi) is 3.38. The first kappa shape index (κ1) is 12.0. The average molecular weight is 251 g/mol. The number of amides is 1. The van der Waals surface area contributed by atoms with Crippen LogP contribution in [0, 0.1) is 5.92 Å². The Balaban J connectivity index is 2.18. The number of hydrogen-bond donors (Lipinski definition) is 1. The number of carbonyl (C=O) groups excluding carboxylic acids is 2. The van der Waals surface area contributed by atoms with Gasteiger partial charge in [-0.05, 0) is 18.2 Å². The molecule has 1 fully saturated rings. The zero-order chi connectivity index (χ0) is 12.4. The van der Waals surface area contributed by atoms with E-state index >= 15 is 0 Å². The van der Waals surface area contributed by atoms with Crippen molar-refractivity contribution in [3.8, 4) is 0 Å². The van der Waals surface area contributed by atoms with Crippen LogP contribution >= 0.6 is 12.6 Å². The Morgan fingerprint density at radius 3 is 2.94 bits per heavy atom. The van der Waals surface area contributed by atoms with Crippen LogP contribution in [0.3, 0.4) is 0 Å². The lowest BCUT2D eigenvalue weighted by Gasteiger charge is -2.16. The lowest BCUT2D eigenvalue weighted by atomic mass is 10.1. The highest BCUT2D eigenvalue weighted by molar-refractivity contribution is 7.80. The van der Waals surface area contributed by atoms with Crippen LogP contribution in [0.15, 0.2) is 29.2 Å². The van der Waals surface area contributed by atoms with Crippen LogP contribution in [0.5, 0.6) is 0 Å². The normalized spacial score (nSPS) is 19.5. The summed E-state index contributed by atoms with van der Waals surface area (Å²) in [6, 6.07) is 7.30. The van der Waals surface area contributed by atoms with Crippen LogP contribution in [-0.4, -0.2) is 25.5 Å². The van der Waals surface area contributed by atoms with E-state index < -0.39 is 0 Å². The van der Waals surface area contributed by atoms with Crippen molar-refractivity contribution in [3.05, 3.63) is 24.3 Å². The van der Waals surface area contributed by atoms with Gasteiger partial charge in [-0.15, -0.1) is 12.6 Å². The molecular weight excluding hydrogens is 238 g/mol. The van der Waals surface area contributed by atoms with E-state index in [4.69, 9.17) is 0 Å². The Bertz CT molecular complexity index is 461. The highest BCUT2D eigenvalue weighted by Gasteiger charge is 2.35. The summed E-state index contributed by atoms with van der Waals surface area (Å²) in [6.07, 6.45) is 0.212. The monoisotopic (exact) mass is 251 g/mol. The van der Waals surface area contributed by atoms with Gasteiger partial charge in [0.25, 0.3) is 0 Å². The van der Waals surface area contributed by atoms with Crippen molar-refractivity contribution in [3.63, 3.8) is 0 Å². The Hall–Kier alpha value is -1.49. The molecule has 4 nitrogen and oxygen atoms in total. The van der Waals surface area contributed by atoms with Crippen LogP contribution in [0.4, 0.5) is 5.69 Å². The summed E-state index contributed by atoms with van der Waals surface area (Å²) < 4.78 is 4.66. The fourth-order valence-corrected chi connectivity index (χ4v) is 2.16. The summed E-state index contributed by atoms with van der Waals surface area (Å²) in [5.41, 5.74) is 0.772. The second kappa shape index (κ2) is 4.79. The number of thiol groups is 1. The molecule has 1 atom stereocenters. The van der Waals surface area contributed by atoms with E-state index in [0.717, 1.165) is 10.6 Å². The van der Waals surface area contributed by atoms with Gasteiger partial charge in [0.05, 0.1) is 13.0 Å². The van der Waals surface area contributed by atoms with Crippen LogP contribution in [-0.2, 0) is 14.3 Å². The van der Waals surface area contributed by atoms with E-state index in [-0.39, 0.29) is 24.2 Å². The van der Waals surface area contributed by atoms with Crippen LogP contribution in [0.2, 0.25) is 0 Å². The SMILES string of the molecule is COC(=O)C1CC(=O)N(c2cccc(S)c2)C1. The number of carbonyl (C=O) groups is 2. The molecule has 1 unspecified atom stereocenters. The molecule has 17 heavy (non-hydrogen) atoms. The van der Waals surface area contributed by atoms with Crippen molar-refractivity contribution in [1.82, 2.24) is 0 Å². The minimum atomic E-state index is -0.365. The van der Waals surface area contributed by atoms with Crippen LogP contribution < -0.4 is 4.90 Å². The number of nitrogens with zero attached hydrogens (tertiary/aromatic N) is 1. The van der Waals surface area contributed by atoms with Crippen molar-refractivity contribution < 1.29 is 14.3 Å². The lowest BCUT2D eigenvalue weighted by Crippen LogP contribution is -2.26. The number of ether oxygens (including phenoxy) is 1. The fourth-order valence-electron chi connectivity index (χ4n) is 1.94. The standard InChI is InChI=1S/C12H13NO3S/c1-16-12(15)8-5-11(14)13(7-8)9-3-2-4-10(17)6-9/h2-4,6,8,17H,5,7H2,1H3. The lowest BCUT2D eigenvalue weighted by molar-refractivity contribution is -0.145. The molecule has 1 aliphatic heterocycles. The molecule has 2 rings (SSSR count). The first-order chi connectivity index (χ1) is 8.11. The van der Waals surface area contributed by atoms with E-state index in [1.54, 1.807) is 11.0 Å². The van der Waals surface area contributed by atoms with Crippen LogP contribution in [0.25, 0.3) is 0 Å². The smallest absolute Gasteiger partial charge is 0.311 e. The molecule has 0 bridgehead atoms. The predicted octanol–water partition coefficient (Wildman–Crippen LogP) is 1.50. The Morgan fingerprint density at radius 2 is 2.29 bits per heavy atom. The van der Waals surface area contributed by atoms with Gasteiger partial charge in [-0.25, -0.2) is 0 Å². The highest BCUT2D eigenvalue weighted by Crippen LogP contribution is 2.27. The maximum absolute atomic E-state index is 11.8. The largest absolute Gasteiger partial charge is 0.469 e. The number of hydrogen-bond acceptors (Lipinski definition) is 4. The van der Waals surface area contributed by atoms with Gasteiger partial charge in [-0.3, -0.25) is 9.59 Å². The molecule has 0 aliphatic carbocycles. The first-order valence-electron chi connectivity index (χ1n) is 5.29. The summed E-state index contributed by atoms with van der Waals surface area (Å²) in [5.74, 6) is -0.752. The van der Waals surface area contributed by atoms with Gasteiger partial charge < -0.3 is 9.64 Å². The molecule has 90 valence electrons. The molecule has 1 aromatic carbocycles. The zero-order valence-electron chi connectivity index (χ0n) is 9.42. The molecule has 1 amide bonds. The minimum Gasteiger partial charge on any atom is -0.469 e. The summed E-state index contributed by atoms with van der Waals surface area (Å²) in [6.45, 7) is 0.378. The molecule has 5 heteroatoms. The zero-order valence-corrected chi connectivity index (χ0v) is 10.3. The molecule has 1 heterocycles. The second-order valence-corrected chi connectivity index (χ2v) is 4.46. The van der Waals surface area contributed by atoms with Gasteiger partial charge in [0.1, 0.15) is 0 Å². The van der Waals surface area contributed by atoms with Gasteiger partial charge in [0.15, 0.2) is 0 Å². The van der Waals surface area contributed by atoms with Gasteiger partial charge in [-0.2, -0.15) is 0 Å². The van der Waals surface area contributed by atoms with Crippen molar-refractivity contribution in [2.45, 2.75) is 11.3 Å². The molecular formula is C12H13NO3S. The predicted molar refractivity (Wildman–Crippen MR) is 66.2 cm³/mol. The van der Waals surface area contributed by atoms with E-state index in [9.17, 15) is 9.59 Å². The van der Waals surface area contributed by atoms with E-state index in [2.05, 4.69) is 17.4 Å². The highest BCUT2D eigenvalue weighted by atomic mass is 32.1. The van der Waals surface area contributed by atoms with Crippen molar-refractivity contribution >= 4 is 30.2 Å². The number of esters is 1. The van der Waals surface area contributed by atoms with Crippen molar-refractivity contribution in [2.75, 3.05) is 18.6 Å². The third-order valence-electron chi connectivity index (χ3n) is 2.80. The van der Waals surface area contributed by atoms with Crippen LogP contribution in [0.1, 0.15) is 6.42 Å². The summed E-state index contributed by atoms with van der Waals surface area (Å²) in [4.78, 5) is 25.6. The van der Waals surface area contributed by atoms with Crippen molar-refractivity contribution in [1.29, 1.82) is 0 Å². The average Bonchev–Trinajstić information content (AvgIpc) is 2.70. The topological polar surface area (TPSA) is 46.6 Å². The summed E-state index contributed by atoms with van der Waals surface area (Å²) in [5, 5.41) is 0. The van der Waals surface area contributed by atoms with Gasteiger partial charge in [0.2, 0.25) is 5.91 Å². The molecule has 1 aliphatic rings. The summed E-state index contributed by atoms with van der Waals surface area (Å²) >= 11 is 4.23. The van der Waals surface area contributed by atoms with E-state index in [1.807, 2.05) is 18.2 Å². The van der Waals surface area contributed by atoms with Gasteiger partial charge >= 0.3 is 5.97 Å². The Labute approximate surface area is 105 Å². The van der Waals surface area contributed by atoms with E-state index in [0.29, 0.717) is 6.54 Å². The Morgan fingerprint density at radius 1 is 1.53 bits per heavy atom. The molecule has 0 saturated carbocycles. The number of anilines is 1. The maximum atomic E-state index is 11.8. The van der Waals surface area contributed by atoms with Gasteiger partial charge in [0, 0.05) is 23.5 Å². The number of methoxy groups -OCH3 is 1. The molecule has 0 spiro atoms. The van der Waals surface area contributed by atoms with E-state index in [1.165, 1.54) is 7.11 Å². The maximum Gasteiger partial charge on any atom is 0.311 e. The molecule has 1 saturated heterocycles. The molecule has 1 aromatic rings. The molecule has 0 aromatic heterocycles. The second-order valence-electron chi connectivity index (χ2n) is 3.95. The fraction of sp³-hybridized carbons (Fsp3) is 0.333. The minimum absolute atomic E-state index is 0.0562. The summed E-state index contributed by atoms with van der Waals surface area (Å²) in [7, 11) is 1.34. The quantitative estimate of drug-likeness (QED) is 0.640. The number of rotatable bonds is 2. The van der Waals surface area contributed by atoms with Crippen molar-refractivity contribution in [2.24, 2.45) is 5.92 Å². The first-order valence-corrected chi connectivity index (χ1v) is 5.73. The number of benzene rings is 1. The third kappa shape index (κ3) is 2.44. The molecule has 0 radical (unpaired) electrons. The third-order valence-corrected chi connectivity index (χ3v) is 3.08. The molecule has 0 N–H and O–H groups in total. The van der Waals surface area contributed by atoms with Gasteiger partial charge in [-0.1, -0.05) is 6.07 Å².